The van der Waals surface area contributed by atoms with Gasteiger partial charge in [-0.3, -0.25) is 16.5 Å². The van der Waals surface area contributed by atoms with Crippen LogP contribution in [0.5, 0.6) is 0 Å². The van der Waals surface area contributed by atoms with Crippen LogP contribution >= 0.6 is 0 Å². The number of nitrogens with two attached hydrogens (primary N) is 2. The van der Waals surface area contributed by atoms with Crippen molar-refractivity contribution in [3.05, 3.63) is 0 Å². The molecular formula is CH6N2O2. The smallest absolute Gasteiger partial charge is 0.290 e. The quantitative estimate of drug-likeness (QED) is 0.187. The number of hydrogen-bond acceptors (Lipinski definition) is 3. The SMILES string of the molecule is NN.O=CO. The Morgan fingerprint density at radius 3 is 1.60 bits per heavy atom. The minimum atomic E-state index is -0.250. The Kier molecular flexibility index (Phi) is 225. The average molecular weight is 78.1 g/mol. The number of carboxylic acid groups (broad SMARTS) is 1. The average Bonchev–Trinajstić information content (AvgIpc) is 1.46. The molecule has 32 valence electrons. The monoisotopic (exact) mass is 78.0 g/mol. The molecule has 0 radical (unpaired) electrons. The van der Waals surface area contributed by atoms with Gasteiger partial charge in [-0.15, -0.1) is 0 Å². The van der Waals surface area contributed by atoms with E-state index in [1.54, 1.807) is 0 Å². The topological polar surface area (TPSA) is 89.3 Å². The molecule has 0 aliphatic carbocycles. The van der Waals surface area contributed by atoms with Gasteiger partial charge in [0.05, 0.1) is 0 Å². The van der Waals surface area contributed by atoms with Crippen molar-refractivity contribution in [3.8, 4) is 0 Å². The van der Waals surface area contributed by atoms with Crippen molar-refractivity contribution in [1.29, 1.82) is 0 Å². The molecule has 0 unspecified atom stereocenters. The van der Waals surface area contributed by atoms with E-state index in [0.717, 1.165) is 0 Å². The van der Waals surface area contributed by atoms with Gasteiger partial charge in [-0.2, -0.15) is 0 Å². The predicted octanol–water partition coefficient (Wildman–Crippen LogP) is -1.48. The molecule has 0 aromatic heterocycles. The van der Waals surface area contributed by atoms with E-state index in [4.69, 9.17) is 9.90 Å². The highest BCUT2D eigenvalue weighted by atomic mass is 16.3. The Labute approximate surface area is 29.4 Å². The number of hydrazine groups is 1. The first-order valence-electron chi connectivity index (χ1n) is 0.827. The highest BCUT2D eigenvalue weighted by molar-refractivity contribution is 5.32. The molecule has 0 aliphatic heterocycles. The van der Waals surface area contributed by atoms with Crippen LogP contribution in [0.25, 0.3) is 0 Å². The van der Waals surface area contributed by atoms with Crippen LogP contribution in [0.2, 0.25) is 0 Å². The van der Waals surface area contributed by atoms with Gasteiger partial charge in [0, 0.05) is 0 Å². The molecule has 0 atom stereocenters. The summed E-state index contributed by atoms with van der Waals surface area (Å²) in [6.45, 7) is -0.250. The first-order chi connectivity index (χ1) is 2.41. The van der Waals surface area contributed by atoms with E-state index in [9.17, 15) is 0 Å². The summed E-state index contributed by atoms with van der Waals surface area (Å²) in [6, 6.07) is 0. The molecule has 0 saturated carbocycles. The summed E-state index contributed by atoms with van der Waals surface area (Å²) >= 11 is 0. The third kappa shape index (κ3) is 17.6. The normalized spacial score (nSPS) is 3.60. The van der Waals surface area contributed by atoms with Crippen molar-refractivity contribution in [3.63, 3.8) is 0 Å². The fourth-order valence-electron chi connectivity index (χ4n) is 0. The number of rotatable bonds is 0. The molecule has 4 nitrogen and oxygen atoms in total. The molecule has 4 heteroatoms. The van der Waals surface area contributed by atoms with Crippen molar-refractivity contribution in [1.82, 2.24) is 0 Å². The van der Waals surface area contributed by atoms with Gasteiger partial charge in [0.2, 0.25) is 0 Å². The second-order valence-corrected chi connectivity index (χ2v) is 0.105. The van der Waals surface area contributed by atoms with Gasteiger partial charge in [0.15, 0.2) is 0 Å². The first-order valence-corrected chi connectivity index (χ1v) is 0.827. The fraction of sp³-hybridized carbons (Fsp3) is 0. The van der Waals surface area contributed by atoms with Crippen LogP contribution in [0.3, 0.4) is 0 Å². The van der Waals surface area contributed by atoms with Crippen molar-refractivity contribution in [2.24, 2.45) is 11.7 Å². The summed E-state index contributed by atoms with van der Waals surface area (Å²) in [5, 5.41) is 6.89. The fourth-order valence-corrected chi connectivity index (χ4v) is 0. The van der Waals surface area contributed by atoms with Crippen molar-refractivity contribution in [2.45, 2.75) is 0 Å². The Morgan fingerprint density at radius 2 is 1.60 bits per heavy atom. The van der Waals surface area contributed by atoms with E-state index in [-0.39, 0.29) is 6.47 Å². The highest BCUT2D eigenvalue weighted by Crippen LogP contribution is 0.966. The lowest BCUT2D eigenvalue weighted by Gasteiger charge is -1.34. The van der Waals surface area contributed by atoms with Gasteiger partial charge in [-0.05, 0) is 0 Å². The van der Waals surface area contributed by atoms with E-state index in [2.05, 4.69) is 11.7 Å². The molecule has 0 aromatic carbocycles. The van der Waals surface area contributed by atoms with Gasteiger partial charge in [-0.1, -0.05) is 0 Å². The first kappa shape index (κ1) is 8.83. The van der Waals surface area contributed by atoms with Gasteiger partial charge in [-0.25, -0.2) is 0 Å². The highest BCUT2D eigenvalue weighted by Gasteiger charge is 1.22. The summed E-state index contributed by atoms with van der Waals surface area (Å²) < 4.78 is 0. The molecular weight excluding hydrogens is 72.0 g/mol. The van der Waals surface area contributed by atoms with Crippen molar-refractivity contribution >= 4 is 6.47 Å². The van der Waals surface area contributed by atoms with Gasteiger partial charge < -0.3 is 5.11 Å². The largest absolute Gasteiger partial charge is 0.483 e. The zero-order chi connectivity index (χ0) is 4.71. The summed E-state index contributed by atoms with van der Waals surface area (Å²) in [4.78, 5) is 8.36. The Balaban J connectivity index is 0. The maximum Gasteiger partial charge on any atom is 0.290 e. The van der Waals surface area contributed by atoms with Crippen LogP contribution in [0.1, 0.15) is 0 Å². The Morgan fingerprint density at radius 1 is 1.60 bits per heavy atom. The van der Waals surface area contributed by atoms with Gasteiger partial charge in [0.1, 0.15) is 0 Å². The third-order valence-electron chi connectivity index (χ3n) is 0. The Hall–Kier alpha value is -0.610. The molecule has 0 saturated heterocycles. The molecule has 0 spiro atoms. The molecule has 0 amide bonds. The maximum atomic E-state index is 8.36. The van der Waals surface area contributed by atoms with Crippen molar-refractivity contribution < 1.29 is 9.90 Å². The molecule has 5 N–H and O–H groups in total. The molecule has 0 heterocycles. The van der Waals surface area contributed by atoms with Gasteiger partial charge in [0.25, 0.3) is 6.47 Å². The zero-order valence-electron chi connectivity index (χ0n) is 2.59. The molecule has 0 rings (SSSR count). The molecule has 0 aromatic rings. The van der Waals surface area contributed by atoms with E-state index >= 15 is 0 Å². The summed E-state index contributed by atoms with van der Waals surface area (Å²) in [6.07, 6.45) is 0. The lowest BCUT2D eigenvalue weighted by molar-refractivity contribution is -0.122. The van der Waals surface area contributed by atoms with Crippen LogP contribution in [-0.4, -0.2) is 11.6 Å². The maximum absolute atomic E-state index is 8.36. The predicted molar refractivity (Wildman–Crippen MR) is 17.1 cm³/mol. The van der Waals surface area contributed by atoms with E-state index in [0.29, 0.717) is 0 Å². The van der Waals surface area contributed by atoms with E-state index < -0.39 is 0 Å². The standard InChI is InChI=1S/CH2O2.H4N2/c2-1-3;1-2/h1H,(H,2,3);1-2H2. The zero-order valence-corrected chi connectivity index (χ0v) is 2.59. The molecule has 0 bridgehead atoms. The van der Waals surface area contributed by atoms with Crippen LogP contribution in [-0.2, 0) is 4.79 Å². The van der Waals surface area contributed by atoms with Crippen LogP contribution < -0.4 is 11.7 Å². The van der Waals surface area contributed by atoms with Crippen molar-refractivity contribution in [2.75, 3.05) is 0 Å². The summed E-state index contributed by atoms with van der Waals surface area (Å²) in [7, 11) is 0. The van der Waals surface area contributed by atoms with E-state index in [1.165, 1.54) is 0 Å². The van der Waals surface area contributed by atoms with Gasteiger partial charge >= 0.3 is 0 Å². The molecule has 0 aliphatic rings. The second-order valence-electron chi connectivity index (χ2n) is 0.105. The van der Waals surface area contributed by atoms with Crippen LogP contribution in [0, 0.1) is 0 Å². The summed E-state index contributed by atoms with van der Waals surface area (Å²) in [5.74, 6) is 8.00. The minimum absolute atomic E-state index is 0.250. The van der Waals surface area contributed by atoms with E-state index in [1.807, 2.05) is 0 Å². The molecule has 5 heavy (non-hydrogen) atoms. The summed E-state index contributed by atoms with van der Waals surface area (Å²) in [5.41, 5.74) is 0. The second kappa shape index (κ2) is 127. The molecule has 0 fully saturated rings. The van der Waals surface area contributed by atoms with Crippen LogP contribution in [0.15, 0.2) is 0 Å². The third-order valence-corrected chi connectivity index (χ3v) is 0. The lowest BCUT2D eigenvalue weighted by Crippen LogP contribution is -2.02. The lowest BCUT2D eigenvalue weighted by atomic mass is 11.7. The minimum Gasteiger partial charge on any atom is -0.483 e. The number of hydrogen-bond donors (Lipinski definition) is 3. The number of carbonyl (C=O) groups is 1. The Bertz CT molecular complexity index is 15.1. The van der Waals surface area contributed by atoms with Crippen LogP contribution in [0.4, 0.5) is 0 Å².